The molecule has 2 aromatic rings. The highest BCUT2D eigenvalue weighted by atomic mass is 32.2. The molecule has 6 heteroatoms. The summed E-state index contributed by atoms with van der Waals surface area (Å²) in [6.07, 6.45) is 0. The average molecular weight is 290 g/mol. The van der Waals surface area contributed by atoms with Gasteiger partial charge in [0.05, 0.1) is 17.6 Å². The van der Waals surface area contributed by atoms with Crippen molar-refractivity contribution in [1.29, 1.82) is 0 Å². The number of benzene rings is 2. The third kappa shape index (κ3) is 1.48. The van der Waals surface area contributed by atoms with Crippen molar-refractivity contribution < 1.29 is 23.1 Å². The summed E-state index contributed by atoms with van der Waals surface area (Å²) in [5.74, 6) is -1.02. The average Bonchev–Trinajstić information content (AvgIpc) is 2.68. The first-order chi connectivity index (χ1) is 9.48. The highest BCUT2D eigenvalue weighted by Gasteiger charge is 2.38. The van der Waals surface area contributed by atoms with E-state index in [1.54, 1.807) is 18.2 Å². The lowest BCUT2D eigenvalue weighted by Crippen LogP contribution is -2.04. The highest BCUT2D eigenvalue weighted by Crippen LogP contribution is 2.48. The van der Waals surface area contributed by atoms with Crippen LogP contribution in [0.5, 0.6) is 5.75 Å². The van der Waals surface area contributed by atoms with E-state index in [9.17, 15) is 18.3 Å². The molecule has 102 valence electrons. The lowest BCUT2D eigenvalue weighted by atomic mass is 9.99. The predicted octanol–water partition coefficient (Wildman–Crippen LogP) is 2.21. The maximum Gasteiger partial charge on any atom is 0.336 e. The third-order valence-corrected chi connectivity index (χ3v) is 5.16. The Labute approximate surface area is 115 Å². The largest absolute Gasteiger partial charge is 0.495 e. The summed E-state index contributed by atoms with van der Waals surface area (Å²) in [5, 5.41) is 9.27. The summed E-state index contributed by atoms with van der Waals surface area (Å²) in [4.78, 5) is 11.4. The maximum absolute atomic E-state index is 12.6. The van der Waals surface area contributed by atoms with Crippen molar-refractivity contribution in [2.75, 3.05) is 7.11 Å². The maximum atomic E-state index is 12.6. The summed E-state index contributed by atoms with van der Waals surface area (Å²) in [6.45, 7) is 0. The third-order valence-electron chi connectivity index (χ3n) is 3.29. The molecule has 0 unspecified atom stereocenters. The second-order valence-corrected chi connectivity index (χ2v) is 6.18. The number of carboxylic acids is 1. The second-order valence-electron chi connectivity index (χ2n) is 4.32. The molecule has 3 rings (SSSR count). The first-order valence-corrected chi connectivity index (χ1v) is 7.25. The number of hydrogen-bond donors (Lipinski definition) is 1. The van der Waals surface area contributed by atoms with Gasteiger partial charge in [-0.25, -0.2) is 13.2 Å². The van der Waals surface area contributed by atoms with Gasteiger partial charge in [-0.1, -0.05) is 18.2 Å². The lowest BCUT2D eigenvalue weighted by Gasteiger charge is -2.09. The number of rotatable bonds is 2. The summed E-state index contributed by atoms with van der Waals surface area (Å²) in [7, 11) is -2.40. The quantitative estimate of drug-likeness (QED) is 0.782. The first kappa shape index (κ1) is 12.7. The molecule has 0 radical (unpaired) electrons. The van der Waals surface area contributed by atoms with E-state index in [0.29, 0.717) is 5.56 Å². The molecule has 1 aliphatic heterocycles. The van der Waals surface area contributed by atoms with Crippen LogP contribution in [-0.4, -0.2) is 26.6 Å². The van der Waals surface area contributed by atoms with E-state index in [0.717, 1.165) is 0 Å². The summed E-state index contributed by atoms with van der Waals surface area (Å²) in [5.41, 5.74) is 0.556. The smallest absolute Gasteiger partial charge is 0.336 e. The molecule has 1 aliphatic rings. The molecule has 0 saturated carbocycles. The van der Waals surface area contributed by atoms with E-state index in [1.807, 2.05) is 0 Å². The molecule has 2 aromatic carbocycles. The Hall–Kier alpha value is -2.34. The van der Waals surface area contributed by atoms with Crippen LogP contribution in [0, 0.1) is 0 Å². The number of fused-ring (bicyclic) bond motifs is 3. The van der Waals surface area contributed by atoms with E-state index in [1.165, 1.54) is 25.3 Å². The fourth-order valence-electron chi connectivity index (χ4n) is 2.45. The van der Waals surface area contributed by atoms with Crippen LogP contribution in [0.4, 0.5) is 0 Å². The van der Waals surface area contributed by atoms with Crippen LogP contribution < -0.4 is 4.74 Å². The zero-order valence-corrected chi connectivity index (χ0v) is 11.3. The summed E-state index contributed by atoms with van der Waals surface area (Å²) >= 11 is 0. The molecular formula is C14H10O5S. The molecule has 0 fully saturated rings. The molecule has 0 atom stereocenters. The summed E-state index contributed by atoms with van der Waals surface area (Å²) < 4.78 is 30.2. The van der Waals surface area contributed by atoms with E-state index in [2.05, 4.69) is 0 Å². The molecule has 0 bridgehead atoms. The monoisotopic (exact) mass is 290 g/mol. The molecule has 0 aliphatic carbocycles. The molecule has 0 aromatic heterocycles. The van der Waals surface area contributed by atoms with Gasteiger partial charge in [-0.3, -0.25) is 0 Å². The van der Waals surface area contributed by atoms with E-state index in [4.69, 9.17) is 4.74 Å². The molecular weight excluding hydrogens is 280 g/mol. The molecule has 0 saturated heterocycles. The van der Waals surface area contributed by atoms with Crippen molar-refractivity contribution >= 4 is 15.8 Å². The number of aromatic carboxylic acids is 1. The van der Waals surface area contributed by atoms with Crippen LogP contribution in [0.25, 0.3) is 11.1 Å². The molecule has 0 spiro atoms. The molecule has 1 heterocycles. The fourth-order valence-corrected chi connectivity index (χ4v) is 4.30. The van der Waals surface area contributed by atoms with Gasteiger partial charge >= 0.3 is 5.97 Å². The minimum absolute atomic E-state index is 0.0469. The highest BCUT2D eigenvalue weighted by molar-refractivity contribution is 7.92. The van der Waals surface area contributed by atoms with E-state index in [-0.39, 0.29) is 26.7 Å². The molecule has 0 amide bonds. The van der Waals surface area contributed by atoms with Crippen molar-refractivity contribution in [2.24, 2.45) is 0 Å². The van der Waals surface area contributed by atoms with Crippen LogP contribution in [0.2, 0.25) is 0 Å². The lowest BCUT2D eigenvalue weighted by molar-refractivity contribution is 0.0697. The van der Waals surface area contributed by atoms with Crippen molar-refractivity contribution in [1.82, 2.24) is 0 Å². The van der Waals surface area contributed by atoms with Gasteiger partial charge in [0.1, 0.15) is 10.6 Å². The number of methoxy groups -OCH3 is 1. The van der Waals surface area contributed by atoms with Gasteiger partial charge in [0.25, 0.3) is 0 Å². The van der Waals surface area contributed by atoms with Crippen molar-refractivity contribution in [3.05, 3.63) is 42.0 Å². The number of sulfone groups is 1. The number of carbonyl (C=O) groups is 1. The predicted molar refractivity (Wildman–Crippen MR) is 70.8 cm³/mol. The Bertz CT molecular complexity index is 837. The zero-order chi connectivity index (χ0) is 14.5. The second kappa shape index (κ2) is 4.08. The Balaban J connectivity index is 2.54. The standard InChI is InChI=1S/C14H10O5S/c1-19-10-7-6-9(14(15)16)12-8-4-2-3-5-11(8)20(17,18)13(10)12/h2-7H,1H3,(H,15,16). The Morgan fingerprint density at radius 3 is 2.50 bits per heavy atom. The van der Waals surface area contributed by atoms with Crippen LogP contribution in [0.3, 0.4) is 0 Å². The Kier molecular flexibility index (Phi) is 2.58. The minimum Gasteiger partial charge on any atom is -0.495 e. The van der Waals surface area contributed by atoms with E-state index >= 15 is 0 Å². The number of ether oxygens (including phenoxy) is 1. The van der Waals surface area contributed by atoms with E-state index < -0.39 is 15.8 Å². The molecule has 1 N–H and O–H groups in total. The molecule has 20 heavy (non-hydrogen) atoms. The fraction of sp³-hybridized carbons (Fsp3) is 0.0714. The Morgan fingerprint density at radius 1 is 1.15 bits per heavy atom. The first-order valence-electron chi connectivity index (χ1n) is 5.77. The minimum atomic E-state index is -3.75. The van der Waals surface area contributed by atoms with Gasteiger partial charge in [-0.15, -0.1) is 0 Å². The van der Waals surface area contributed by atoms with Gasteiger partial charge in [0.2, 0.25) is 9.84 Å². The number of hydrogen-bond acceptors (Lipinski definition) is 4. The van der Waals surface area contributed by atoms with Gasteiger partial charge in [-0.05, 0) is 18.2 Å². The summed E-state index contributed by atoms with van der Waals surface area (Å²) in [6, 6.07) is 9.08. The van der Waals surface area contributed by atoms with Crippen molar-refractivity contribution in [3.63, 3.8) is 0 Å². The van der Waals surface area contributed by atoms with Gasteiger partial charge in [0.15, 0.2) is 0 Å². The normalized spacial score (nSPS) is 14.4. The SMILES string of the molecule is COc1ccc(C(=O)O)c2c1S(=O)(=O)c1ccccc1-2. The van der Waals surface area contributed by atoms with Crippen molar-refractivity contribution in [2.45, 2.75) is 9.79 Å². The van der Waals surface area contributed by atoms with Crippen LogP contribution in [0.15, 0.2) is 46.2 Å². The van der Waals surface area contributed by atoms with Crippen LogP contribution in [-0.2, 0) is 9.84 Å². The van der Waals surface area contributed by atoms with Gasteiger partial charge < -0.3 is 9.84 Å². The zero-order valence-electron chi connectivity index (χ0n) is 10.5. The van der Waals surface area contributed by atoms with Crippen LogP contribution in [0.1, 0.15) is 10.4 Å². The van der Waals surface area contributed by atoms with Crippen molar-refractivity contribution in [3.8, 4) is 16.9 Å². The van der Waals surface area contributed by atoms with Crippen LogP contribution >= 0.6 is 0 Å². The molecule has 5 nitrogen and oxygen atoms in total. The van der Waals surface area contributed by atoms with Gasteiger partial charge in [0, 0.05) is 11.1 Å². The topological polar surface area (TPSA) is 80.7 Å². The number of carboxylic acid groups (broad SMARTS) is 1. The van der Waals surface area contributed by atoms with Gasteiger partial charge in [-0.2, -0.15) is 0 Å². The Morgan fingerprint density at radius 2 is 1.85 bits per heavy atom.